The maximum atomic E-state index is 13.3. The molecule has 0 saturated heterocycles. The van der Waals surface area contributed by atoms with Gasteiger partial charge in [-0.05, 0) is 12.1 Å². The summed E-state index contributed by atoms with van der Waals surface area (Å²) in [6.45, 7) is 0. The number of nitrogens with two attached hydrogens (primary N) is 1. The number of halogens is 1. The Morgan fingerprint density at radius 3 is 2.61 bits per heavy atom. The summed E-state index contributed by atoms with van der Waals surface area (Å²) < 4.78 is 13.3. The average molecular weight is 258 g/mol. The van der Waals surface area contributed by atoms with Crippen LogP contribution < -0.4 is 5.73 Å². The largest absolute Gasteiger partial charge is 0.390 e. The van der Waals surface area contributed by atoms with Crippen LogP contribution in [0.2, 0.25) is 0 Å². The van der Waals surface area contributed by atoms with E-state index in [2.05, 4.69) is 0 Å². The molecule has 98 valence electrons. The summed E-state index contributed by atoms with van der Waals surface area (Å²) in [4.78, 5) is 20.2. The number of hydrogen-bond donors (Lipinski definition) is 3. The summed E-state index contributed by atoms with van der Waals surface area (Å²) in [5, 5.41) is 29.8. The lowest BCUT2D eigenvalue weighted by molar-refractivity contribution is -0.389. The quantitative estimate of drug-likeness (QED) is 0.506. The number of aliphatic hydroxyl groups is 2. The van der Waals surface area contributed by atoms with E-state index in [1.165, 1.54) is 0 Å². The normalized spacial score (nSPS) is 13.9. The molecule has 2 atom stereocenters. The second-order valence-electron chi connectivity index (χ2n) is 3.62. The zero-order valence-corrected chi connectivity index (χ0v) is 9.12. The van der Waals surface area contributed by atoms with Crippen molar-refractivity contribution in [3.8, 4) is 0 Å². The second kappa shape index (κ2) is 5.52. The number of benzene rings is 1. The van der Waals surface area contributed by atoms with Crippen molar-refractivity contribution < 1.29 is 24.3 Å². The molecule has 0 fully saturated rings. The van der Waals surface area contributed by atoms with Crippen LogP contribution >= 0.6 is 0 Å². The van der Waals surface area contributed by atoms with E-state index in [4.69, 9.17) is 5.73 Å². The number of amides is 1. The summed E-state index contributed by atoms with van der Waals surface area (Å²) in [5.41, 5.74) is 3.47. The van der Waals surface area contributed by atoms with E-state index in [1.54, 1.807) is 0 Å². The van der Waals surface area contributed by atoms with Gasteiger partial charge < -0.3 is 15.9 Å². The van der Waals surface area contributed by atoms with Crippen molar-refractivity contribution in [3.05, 3.63) is 39.7 Å². The molecule has 1 amide bonds. The summed E-state index contributed by atoms with van der Waals surface area (Å²) in [6.07, 6.45) is -3.99. The van der Waals surface area contributed by atoms with Crippen LogP contribution in [0.4, 0.5) is 10.1 Å². The first-order chi connectivity index (χ1) is 8.34. The molecule has 1 rings (SSSR count). The van der Waals surface area contributed by atoms with Crippen LogP contribution in [0.5, 0.6) is 0 Å². The molecule has 0 saturated carbocycles. The van der Waals surface area contributed by atoms with Crippen molar-refractivity contribution in [1.82, 2.24) is 0 Å². The smallest absolute Gasteiger partial charge is 0.310 e. The number of para-hydroxylation sites is 1. The van der Waals surface area contributed by atoms with Crippen molar-refractivity contribution in [1.29, 1.82) is 0 Å². The fourth-order valence-corrected chi connectivity index (χ4v) is 1.49. The summed E-state index contributed by atoms with van der Waals surface area (Å²) in [5.74, 6) is -2.02. The SMILES string of the molecule is NC(=O)CC(O)C(O)c1cccc(F)c1[N+](=O)[O-]. The zero-order valence-electron chi connectivity index (χ0n) is 9.12. The highest BCUT2D eigenvalue weighted by Crippen LogP contribution is 2.30. The van der Waals surface area contributed by atoms with Gasteiger partial charge in [0.25, 0.3) is 0 Å². The third kappa shape index (κ3) is 2.99. The number of rotatable bonds is 5. The first-order valence-electron chi connectivity index (χ1n) is 4.91. The first-order valence-corrected chi connectivity index (χ1v) is 4.91. The highest BCUT2D eigenvalue weighted by molar-refractivity contribution is 5.74. The predicted octanol–water partition coefficient (Wildman–Crippen LogP) is 0.00360. The molecule has 1 aromatic carbocycles. The highest BCUT2D eigenvalue weighted by atomic mass is 19.1. The molecule has 0 spiro atoms. The molecular formula is C10H11FN2O5. The Bertz CT molecular complexity index is 479. The monoisotopic (exact) mass is 258 g/mol. The Balaban J connectivity index is 3.12. The van der Waals surface area contributed by atoms with E-state index in [0.29, 0.717) is 0 Å². The lowest BCUT2D eigenvalue weighted by Gasteiger charge is -2.16. The number of primary amides is 1. The lowest BCUT2D eigenvalue weighted by Crippen LogP contribution is -2.26. The molecule has 8 heteroatoms. The number of nitrogens with zero attached hydrogens (tertiary/aromatic N) is 1. The van der Waals surface area contributed by atoms with Gasteiger partial charge in [0, 0.05) is 0 Å². The average Bonchev–Trinajstić information content (AvgIpc) is 2.26. The minimum atomic E-state index is -1.77. The Kier molecular flexibility index (Phi) is 4.29. The minimum absolute atomic E-state index is 0.409. The van der Waals surface area contributed by atoms with Crippen molar-refractivity contribution in [2.75, 3.05) is 0 Å². The van der Waals surface area contributed by atoms with Gasteiger partial charge in [-0.2, -0.15) is 4.39 Å². The van der Waals surface area contributed by atoms with Crippen LogP contribution in [-0.4, -0.2) is 27.1 Å². The van der Waals surface area contributed by atoms with Gasteiger partial charge >= 0.3 is 5.69 Å². The molecule has 0 aliphatic heterocycles. The van der Waals surface area contributed by atoms with E-state index >= 15 is 0 Å². The molecular weight excluding hydrogens is 247 g/mol. The number of aliphatic hydroxyl groups excluding tert-OH is 2. The van der Waals surface area contributed by atoms with E-state index < -0.39 is 46.5 Å². The molecule has 18 heavy (non-hydrogen) atoms. The van der Waals surface area contributed by atoms with Crippen LogP contribution in [0.15, 0.2) is 18.2 Å². The van der Waals surface area contributed by atoms with Crippen molar-refractivity contribution in [2.24, 2.45) is 5.73 Å². The van der Waals surface area contributed by atoms with Crippen molar-refractivity contribution in [2.45, 2.75) is 18.6 Å². The van der Waals surface area contributed by atoms with Gasteiger partial charge in [0.1, 0.15) is 6.10 Å². The number of carbonyl (C=O) groups excluding carboxylic acids is 1. The van der Waals surface area contributed by atoms with Gasteiger partial charge in [0.05, 0.1) is 23.0 Å². The molecule has 0 radical (unpaired) electrons. The lowest BCUT2D eigenvalue weighted by atomic mass is 10.00. The summed E-state index contributed by atoms with van der Waals surface area (Å²) >= 11 is 0. The number of nitro groups is 1. The van der Waals surface area contributed by atoms with Crippen LogP contribution in [0.3, 0.4) is 0 Å². The Morgan fingerprint density at radius 1 is 1.50 bits per heavy atom. The number of hydrogen-bond acceptors (Lipinski definition) is 5. The van der Waals surface area contributed by atoms with Crippen LogP contribution in [0.1, 0.15) is 18.1 Å². The van der Waals surface area contributed by atoms with Crippen molar-refractivity contribution in [3.63, 3.8) is 0 Å². The van der Waals surface area contributed by atoms with E-state index in [1.807, 2.05) is 0 Å². The number of carbonyl (C=O) groups is 1. The van der Waals surface area contributed by atoms with Gasteiger partial charge in [-0.1, -0.05) is 6.07 Å². The topological polar surface area (TPSA) is 127 Å². The molecule has 0 aromatic heterocycles. The second-order valence-corrected chi connectivity index (χ2v) is 3.62. The van der Waals surface area contributed by atoms with Crippen LogP contribution in [-0.2, 0) is 4.79 Å². The molecule has 4 N–H and O–H groups in total. The summed E-state index contributed by atoms with van der Waals surface area (Å²) in [6, 6.07) is 3.10. The standard InChI is InChI=1S/C10H11FN2O5/c11-6-3-1-2-5(9(6)13(17)18)10(16)7(14)4-8(12)15/h1-3,7,10,14,16H,4H2,(H2,12,15). The third-order valence-corrected chi connectivity index (χ3v) is 2.29. The van der Waals surface area contributed by atoms with Gasteiger partial charge in [-0.3, -0.25) is 14.9 Å². The molecule has 0 aliphatic carbocycles. The molecule has 0 bridgehead atoms. The summed E-state index contributed by atoms with van der Waals surface area (Å²) in [7, 11) is 0. The maximum absolute atomic E-state index is 13.3. The molecule has 1 aromatic rings. The fourth-order valence-electron chi connectivity index (χ4n) is 1.49. The molecule has 0 aliphatic rings. The van der Waals surface area contributed by atoms with E-state index in [0.717, 1.165) is 18.2 Å². The van der Waals surface area contributed by atoms with Crippen LogP contribution in [0.25, 0.3) is 0 Å². The van der Waals surface area contributed by atoms with Crippen LogP contribution in [0, 0.1) is 15.9 Å². The fraction of sp³-hybridized carbons (Fsp3) is 0.300. The Morgan fingerprint density at radius 2 is 2.11 bits per heavy atom. The molecule has 2 unspecified atom stereocenters. The predicted molar refractivity (Wildman–Crippen MR) is 57.8 cm³/mol. The molecule has 0 heterocycles. The van der Waals surface area contributed by atoms with E-state index in [-0.39, 0.29) is 0 Å². The van der Waals surface area contributed by atoms with Gasteiger partial charge in [-0.15, -0.1) is 0 Å². The van der Waals surface area contributed by atoms with Gasteiger partial charge in [0.2, 0.25) is 11.7 Å². The molecule has 7 nitrogen and oxygen atoms in total. The maximum Gasteiger partial charge on any atom is 0.310 e. The number of nitro benzene ring substituents is 1. The third-order valence-electron chi connectivity index (χ3n) is 2.29. The Hall–Kier alpha value is -2.06. The first kappa shape index (κ1) is 14.0. The van der Waals surface area contributed by atoms with Gasteiger partial charge in [-0.25, -0.2) is 0 Å². The minimum Gasteiger partial charge on any atom is -0.390 e. The van der Waals surface area contributed by atoms with Gasteiger partial charge in [0.15, 0.2) is 0 Å². The zero-order chi connectivity index (χ0) is 13.9. The van der Waals surface area contributed by atoms with E-state index in [9.17, 15) is 29.5 Å². The highest BCUT2D eigenvalue weighted by Gasteiger charge is 2.29. The van der Waals surface area contributed by atoms with Crippen molar-refractivity contribution >= 4 is 11.6 Å². The Labute approximate surface area is 101 Å².